The Morgan fingerprint density at radius 2 is 1.58 bits per heavy atom. The van der Waals surface area contributed by atoms with Gasteiger partial charge in [-0.3, -0.25) is 14.4 Å². The van der Waals surface area contributed by atoms with Crippen molar-refractivity contribution in [3.05, 3.63) is 83.9 Å². The van der Waals surface area contributed by atoms with Crippen LogP contribution in [0.2, 0.25) is 0 Å². The van der Waals surface area contributed by atoms with Crippen LogP contribution in [0.5, 0.6) is 0 Å². The molecule has 9 heteroatoms. The lowest BCUT2D eigenvalue weighted by Gasteiger charge is -2.24. The Morgan fingerprint density at radius 3 is 2.22 bits per heavy atom. The minimum Gasteiger partial charge on any atom is -0.302 e. The highest BCUT2D eigenvalue weighted by Crippen LogP contribution is 2.30. The molecule has 0 aliphatic carbocycles. The molecule has 1 heterocycles. The Bertz CT molecular complexity index is 1400. The Labute approximate surface area is 216 Å². The summed E-state index contributed by atoms with van der Waals surface area (Å²) in [7, 11) is -3.72. The summed E-state index contributed by atoms with van der Waals surface area (Å²) < 4.78 is 29.0. The van der Waals surface area contributed by atoms with E-state index >= 15 is 0 Å². The SMILES string of the molecule is CCN(CC)CCN(C(=O)c1ccc(NS(=O)(=O)c2ccc(C)cc2)cc1)c1nc2ccccc2s1. The van der Waals surface area contributed by atoms with Gasteiger partial charge in [0, 0.05) is 24.3 Å². The van der Waals surface area contributed by atoms with Gasteiger partial charge in [0.05, 0.1) is 15.1 Å². The van der Waals surface area contributed by atoms with E-state index in [0.717, 1.165) is 35.4 Å². The summed E-state index contributed by atoms with van der Waals surface area (Å²) in [5.41, 5.74) is 2.70. The number of anilines is 2. The first-order valence-electron chi connectivity index (χ1n) is 11.9. The molecule has 0 saturated carbocycles. The molecule has 0 fully saturated rings. The van der Waals surface area contributed by atoms with Gasteiger partial charge in [0.1, 0.15) is 0 Å². The Balaban J connectivity index is 1.56. The van der Waals surface area contributed by atoms with E-state index in [-0.39, 0.29) is 10.8 Å². The molecule has 0 radical (unpaired) electrons. The van der Waals surface area contributed by atoms with Gasteiger partial charge in [0.15, 0.2) is 5.13 Å². The van der Waals surface area contributed by atoms with Crippen LogP contribution in [0.4, 0.5) is 10.8 Å². The first-order valence-corrected chi connectivity index (χ1v) is 14.2. The van der Waals surface area contributed by atoms with E-state index in [2.05, 4.69) is 23.5 Å². The number of rotatable bonds is 10. The van der Waals surface area contributed by atoms with Crippen LogP contribution >= 0.6 is 11.3 Å². The predicted molar refractivity (Wildman–Crippen MR) is 148 cm³/mol. The second-order valence-corrected chi connectivity index (χ2v) is 11.1. The number of carbonyl (C=O) groups is 1. The highest BCUT2D eigenvalue weighted by atomic mass is 32.2. The van der Waals surface area contributed by atoms with Gasteiger partial charge in [-0.05, 0) is 68.5 Å². The summed E-state index contributed by atoms with van der Waals surface area (Å²) in [5, 5.41) is 0.650. The number of hydrogen-bond acceptors (Lipinski definition) is 6. The number of thiazole rings is 1. The number of likely N-dealkylation sites (N-methyl/N-ethyl adjacent to an activating group) is 1. The first kappa shape index (κ1) is 25.8. The average molecular weight is 523 g/mol. The van der Waals surface area contributed by atoms with Crippen molar-refractivity contribution in [3.63, 3.8) is 0 Å². The van der Waals surface area contributed by atoms with Gasteiger partial charge < -0.3 is 4.90 Å². The van der Waals surface area contributed by atoms with Crippen molar-refractivity contribution in [3.8, 4) is 0 Å². The zero-order valence-electron chi connectivity index (χ0n) is 20.6. The van der Waals surface area contributed by atoms with Crippen molar-refractivity contribution in [2.75, 3.05) is 35.8 Å². The molecule has 36 heavy (non-hydrogen) atoms. The molecule has 0 aliphatic rings. The highest BCUT2D eigenvalue weighted by molar-refractivity contribution is 7.92. The molecule has 1 amide bonds. The van der Waals surface area contributed by atoms with Crippen LogP contribution < -0.4 is 9.62 Å². The van der Waals surface area contributed by atoms with Crippen molar-refractivity contribution < 1.29 is 13.2 Å². The number of sulfonamides is 1. The van der Waals surface area contributed by atoms with Crippen LogP contribution in [-0.2, 0) is 10.0 Å². The molecule has 4 rings (SSSR count). The molecule has 0 bridgehead atoms. The van der Waals surface area contributed by atoms with E-state index < -0.39 is 10.0 Å². The standard InChI is InChI=1S/C27H30N4O3S2/c1-4-30(5-2)18-19-31(27-28-24-8-6-7-9-25(24)35-27)26(32)21-12-14-22(15-13-21)29-36(33,34)23-16-10-20(3)11-17-23/h6-17,29H,4-5,18-19H2,1-3H3. The zero-order valence-corrected chi connectivity index (χ0v) is 22.3. The number of carbonyl (C=O) groups excluding carboxylic acids is 1. The Morgan fingerprint density at radius 1 is 0.917 bits per heavy atom. The number of benzene rings is 3. The van der Waals surface area contributed by atoms with Crippen molar-refractivity contribution >= 4 is 48.3 Å². The molecule has 4 aromatic rings. The van der Waals surface area contributed by atoms with Crippen LogP contribution in [0.15, 0.2) is 77.7 Å². The number of hydrogen-bond donors (Lipinski definition) is 1. The monoisotopic (exact) mass is 522 g/mol. The van der Waals surface area contributed by atoms with Crippen LogP contribution in [0, 0.1) is 6.92 Å². The molecule has 0 aliphatic heterocycles. The summed E-state index contributed by atoms with van der Waals surface area (Å²) >= 11 is 1.49. The molecule has 1 N–H and O–H groups in total. The van der Waals surface area contributed by atoms with E-state index in [1.54, 1.807) is 53.4 Å². The lowest BCUT2D eigenvalue weighted by atomic mass is 10.2. The minimum atomic E-state index is -3.72. The highest BCUT2D eigenvalue weighted by Gasteiger charge is 2.22. The van der Waals surface area contributed by atoms with Gasteiger partial charge in [-0.25, -0.2) is 13.4 Å². The van der Waals surface area contributed by atoms with Crippen LogP contribution in [0.25, 0.3) is 10.2 Å². The maximum Gasteiger partial charge on any atom is 0.261 e. The number of nitrogens with one attached hydrogen (secondary N) is 1. The summed E-state index contributed by atoms with van der Waals surface area (Å²) in [4.78, 5) is 22.5. The van der Waals surface area contributed by atoms with Crippen molar-refractivity contribution in [2.24, 2.45) is 0 Å². The van der Waals surface area contributed by atoms with E-state index in [4.69, 9.17) is 4.98 Å². The van der Waals surface area contributed by atoms with Crippen molar-refractivity contribution in [2.45, 2.75) is 25.7 Å². The van der Waals surface area contributed by atoms with E-state index in [1.165, 1.54) is 11.3 Å². The number of fused-ring (bicyclic) bond motifs is 1. The van der Waals surface area contributed by atoms with Crippen LogP contribution in [-0.4, -0.2) is 50.4 Å². The fraction of sp³-hybridized carbons (Fsp3) is 0.259. The fourth-order valence-electron chi connectivity index (χ4n) is 3.81. The predicted octanol–water partition coefficient (Wildman–Crippen LogP) is 5.39. The minimum absolute atomic E-state index is 0.172. The summed E-state index contributed by atoms with van der Waals surface area (Å²) in [5.74, 6) is -0.172. The molecular formula is C27H30N4O3S2. The van der Waals surface area contributed by atoms with E-state index in [0.29, 0.717) is 22.9 Å². The molecule has 0 spiro atoms. The topological polar surface area (TPSA) is 82.6 Å². The molecular weight excluding hydrogens is 492 g/mol. The summed E-state index contributed by atoms with van der Waals surface area (Å²) in [6.45, 7) is 9.13. The third-order valence-corrected chi connectivity index (χ3v) is 8.46. The smallest absolute Gasteiger partial charge is 0.261 e. The third kappa shape index (κ3) is 5.92. The molecule has 0 unspecified atom stereocenters. The molecule has 3 aromatic carbocycles. The first-order chi connectivity index (χ1) is 17.3. The van der Waals surface area contributed by atoms with E-state index in [9.17, 15) is 13.2 Å². The molecule has 0 atom stereocenters. The largest absolute Gasteiger partial charge is 0.302 e. The lowest BCUT2D eigenvalue weighted by molar-refractivity contribution is 0.0984. The van der Waals surface area contributed by atoms with Gasteiger partial charge in [-0.2, -0.15) is 0 Å². The Hall–Kier alpha value is -3.27. The number of nitrogens with zero attached hydrogens (tertiary/aromatic N) is 3. The zero-order chi connectivity index (χ0) is 25.7. The quantitative estimate of drug-likeness (QED) is 0.302. The second kappa shape index (κ2) is 11.2. The van der Waals surface area contributed by atoms with Gasteiger partial charge >= 0.3 is 0 Å². The molecule has 1 aromatic heterocycles. The van der Waals surface area contributed by atoms with Gasteiger partial charge in [-0.15, -0.1) is 0 Å². The number of aromatic nitrogens is 1. The van der Waals surface area contributed by atoms with Gasteiger partial charge in [0.25, 0.3) is 15.9 Å². The molecule has 188 valence electrons. The second-order valence-electron chi connectivity index (χ2n) is 8.44. The Kier molecular flexibility index (Phi) is 8.03. The van der Waals surface area contributed by atoms with Crippen molar-refractivity contribution in [1.82, 2.24) is 9.88 Å². The number of para-hydroxylation sites is 1. The normalized spacial score (nSPS) is 11.7. The van der Waals surface area contributed by atoms with E-state index in [1.807, 2.05) is 31.2 Å². The van der Waals surface area contributed by atoms with Crippen LogP contribution in [0.1, 0.15) is 29.8 Å². The fourth-order valence-corrected chi connectivity index (χ4v) is 5.86. The maximum atomic E-state index is 13.6. The van der Waals surface area contributed by atoms with Gasteiger partial charge in [0.2, 0.25) is 0 Å². The van der Waals surface area contributed by atoms with Crippen molar-refractivity contribution in [1.29, 1.82) is 0 Å². The molecule has 0 saturated heterocycles. The summed E-state index contributed by atoms with van der Waals surface area (Å²) in [6.07, 6.45) is 0. The number of amides is 1. The number of aryl methyl sites for hydroxylation is 1. The maximum absolute atomic E-state index is 13.6. The van der Waals surface area contributed by atoms with Gasteiger partial charge in [-0.1, -0.05) is 55.0 Å². The lowest BCUT2D eigenvalue weighted by Crippen LogP contribution is -2.38. The molecule has 7 nitrogen and oxygen atoms in total. The average Bonchev–Trinajstić information content (AvgIpc) is 3.31. The third-order valence-electron chi connectivity index (χ3n) is 6.01. The van der Waals surface area contributed by atoms with Crippen LogP contribution in [0.3, 0.4) is 0 Å². The summed E-state index contributed by atoms with van der Waals surface area (Å²) in [6, 6.07) is 21.0.